The number of carbonyl (C=O) groups excluding carboxylic acids is 1. The van der Waals surface area contributed by atoms with Gasteiger partial charge >= 0.3 is 0 Å². The summed E-state index contributed by atoms with van der Waals surface area (Å²) in [6.45, 7) is 1.52. The van der Waals surface area contributed by atoms with Gasteiger partial charge < -0.3 is 9.80 Å². The molecule has 0 aliphatic heterocycles. The fraction of sp³-hybridized carbons (Fsp3) is 0.316. The van der Waals surface area contributed by atoms with Crippen molar-refractivity contribution < 1.29 is 4.79 Å². The van der Waals surface area contributed by atoms with Crippen LogP contribution in [0.1, 0.15) is 27.0 Å². The average Bonchev–Trinajstić information content (AvgIpc) is 2.46. The van der Waals surface area contributed by atoms with Crippen LogP contribution in [0.4, 0.5) is 0 Å². The zero-order chi connectivity index (χ0) is 16.1. The predicted molar refractivity (Wildman–Crippen MR) is 91.1 cm³/mol. The molecule has 0 aliphatic rings. The molecule has 0 fully saturated rings. The molecule has 0 atom stereocenters. The van der Waals surface area contributed by atoms with Crippen LogP contribution in [0.3, 0.4) is 0 Å². The molecule has 0 bridgehead atoms. The normalized spacial score (nSPS) is 11.2. The van der Waals surface area contributed by atoms with Gasteiger partial charge in [0.15, 0.2) is 5.78 Å². The maximum absolute atomic E-state index is 13.0. The van der Waals surface area contributed by atoms with E-state index in [1.807, 2.05) is 76.7 Å². The Morgan fingerprint density at radius 2 is 1.09 bits per heavy atom. The van der Waals surface area contributed by atoms with E-state index in [2.05, 4.69) is 9.80 Å². The number of hydrogen-bond donors (Lipinski definition) is 0. The van der Waals surface area contributed by atoms with Crippen molar-refractivity contribution in [3.05, 3.63) is 70.8 Å². The van der Waals surface area contributed by atoms with Gasteiger partial charge in [-0.1, -0.05) is 48.5 Å². The highest BCUT2D eigenvalue weighted by atomic mass is 16.1. The smallest absolute Gasteiger partial charge is 0.193 e. The second kappa shape index (κ2) is 7.34. The van der Waals surface area contributed by atoms with Crippen molar-refractivity contribution in [2.75, 3.05) is 28.2 Å². The van der Waals surface area contributed by atoms with Crippen LogP contribution >= 0.6 is 0 Å². The Labute approximate surface area is 133 Å². The van der Waals surface area contributed by atoms with Gasteiger partial charge in [-0.3, -0.25) is 4.79 Å². The van der Waals surface area contributed by atoms with Crippen molar-refractivity contribution in [3.63, 3.8) is 0 Å². The summed E-state index contributed by atoms with van der Waals surface area (Å²) in [5.41, 5.74) is 3.72. The van der Waals surface area contributed by atoms with Crippen LogP contribution in [0.2, 0.25) is 0 Å². The van der Waals surface area contributed by atoms with Gasteiger partial charge in [0.05, 0.1) is 0 Å². The van der Waals surface area contributed by atoms with Crippen LogP contribution in [0, 0.1) is 0 Å². The number of benzene rings is 2. The van der Waals surface area contributed by atoms with Gasteiger partial charge in [0.2, 0.25) is 0 Å². The van der Waals surface area contributed by atoms with Crippen molar-refractivity contribution in [1.82, 2.24) is 9.80 Å². The molecule has 0 unspecified atom stereocenters. The van der Waals surface area contributed by atoms with Gasteiger partial charge in [-0.2, -0.15) is 0 Å². The quantitative estimate of drug-likeness (QED) is 0.766. The summed E-state index contributed by atoms with van der Waals surface area (Å²) < 4.78 is 0. The number of hydrogen-bond acceptors (Lipinski definition) is 3. The zero-order valence-corrected chi connectivity index (χ0v) is 13.8. The molecule has 0 N–H and O–H groups in total. The van der Waals surface area contributed by atoms with E-state index in [-0.39, 0.29) is 5.78 Å². The van der Waals surface area contributed by atoms with E-state index in [1.165, 1.54) is 0 Å². The molecule has 0 saturated heterocycles. The lowest BCUT2D eigenvalue weighted by Gasteiger charge is -2.16. The Kier molecular flexibility index (Phi) is 5.47. The van der Waals surface area contributed by atoms with Crippen LogP contribution in [-0.4, -0.2) is 43.8 Å². The van der Waals surface area contributed by atoms with Gasteiger partial charge in [-0.05, 0) is 39.3 Å². The predicted octanol–water partition coefficient (Wildman–Crippen LogP) is 3.04. The molecule has 116 valence electrons. The second-order valence-corrected chi connectivity index (χ2v) is 6.12. The molecule has 0 saturated carbocycles. The van der Waals surface area contributed by atoms with E-state index in [4.69, 9.17) is 0 Å². The molecule has 22 heavy (non-hydrogen) atoms. The van der Waals surface area contributed by atoms with Crippen LogP contribution in [0.25, 0.3) is 0 Å². The van der Waals surface area contributed by atoms with Crippen LogP contribution < -0.4 is 0 Å². The third-order valence-electron chi connectivity index (χ3n) is 3.50. The molecule has 2 aromatic rings. The third-order valence-corrected chi connectivity index (χ3v) is 3.50. The molecule has 2 aromatic carbocycles. The standard InChI is InChI=1S/C19H24N2O/c1-20(2)13-15-9-5-7-11-17(15)19(22)18-12-8-6-10-16(18)14-21(3)4/h5-12H,13-14H2,1-4H3. The lowest BCUT2D eigenvalue weighted by molar-refractivity contribution is 0.103. The third kappa shape index (κ3) is 4.03. The van der Waals surface area contributed by atoms with E-state index < -0.39 is 0 Å². The van der Waals surface area contributed by atoms with Crippen molar-refractivity contribution in [2.45, 2.75) is 13.1 Å². The highest BCUT2D eigenvalue weighted by Gasteiger charge is 2.16. The summed E-state index contributed by atoms with van der Waals surface area (Å²) in [6, 6.07) is 15.7. The summed E-state index contributed by atoms with van der Waals surface area (Å²) in [5, 5.41) is 0. The monoisotopic (exact) mass is 296 g/mol. The number of rotatable bonds is 6. The van der Waals surface area contributed by atoms with Gasteiger partial charge in [0.25, 0.3) is 0 Å². The van der Waals surface area contributed by atoms with Crippen LogP contribution in [0.15, 0.2) is 48.5 Å². The fourth-order valence-corrected chi connectivity index (χ4v) is 2.59. The molecule has 0 amide bonds. The first kappa shape index (κ1) is 16.4. The van der Waals surface area contributed by atoms with Crippen LogP contribution in [-0.2, 0) is 13.1 Å². The van der Waals surface area contributed by atoms with Crippen molar-refractivity contribution in [2.24, 2.45) is 0 Å². The Morgan fingerprint density at radius 3 is 1.45 bits per heavy atom. The maximum atomic E-state index is 13.0. The highest BCUT2D eigenvalue weighted by molar-refractivity contribution is 6.10. The Bertz CT molecular complexity index is 592. The topological polar surface area (TPSA) is 23.6 Å². The summed E-state index contributed by atoms with van der Waals surface area (Å²) >= 11 is 0. The molecule has 0 heterocycles. The first-order valence-corrected chi connectivity index (χ1v) is 7.49. The summed E-state index contributed by atoms with van der Waals surface area (Å²) in [7, 11) is 8.06. The summed E-state index contributed by atoms with van der Waals surface area (Å²) in [5.74, 6) is 0.106. The molecule has 0 aliphatic carbocycles. The molecule has 3 nitrogen and oxygen atoms in total. The molecule has 0 radical (unpaired) electrons. The highest BCUT2D eigenvalue weighted by Crippen LogP contribution is 2.19. The number of nitrogens with zero attached hydrogens (tertiary/aromatic N) is 2. The van der Waals surface area contributed by atoms with Gasteiger partial charge in [0.1, 0.15) is 0 Å². The lowest BCUT2D eigenvalue weighted by Crippen LogP contribution is -2.17. The second-order valence-electron chi connectivity index (χ2n) is 6.12. The largest absolute Gasteiger partial charge is 0.305 e. The van der Waals surface area contributed by atoms with Crippen molar-refractivity contribution >= 4 is 5.78 Å². The minimum Gasteiger partial charge on any atom is -0.305 e. The maximum Gasteiger partial charge on any atom is 0.193 e. The molecule has 2 rings (SSSR count). The molecular formula is C19H24N2O. The molecule has 0 aromatic heterocycles. The van der Waals surface area contributed by atoms with Crippen molar-refractivity contribution in [3.8, 4) is 0 Å². The minimum atomic E-state index is 0.106. The van der Waals surface area contributed by atoms with E-state index in [9.17, 15) is 4.79 Å². The van der Waals surface area contributed by atoms with E-state index in [0.29, 0.717) is 0 Å². The fourth-order valence-electron chi connectivity index (χ4n) is 2.59. The Morgan fingerprint density at radius 1 is 0.727 bits per heavy atom. The van der Waals surface area contributed by atoms with E-state index >= 15 is 0 Å². The average molecular weight is 296 g/mol. The Hall–Kier alpha value is -1.97. The molecule has 3 heteroatoms. The van der Waals surface area contributed by atoms with E-state index in [1.54, 1.807) is 0 Å². The summed E-state index contributed by atoms with van der Waals surface area (Å²) in [6.07, 6.45) is 0. The lowest BCUT2D eigenvalue weighted by atomic mass is 9.94. The first-order valence-electron chi connectivity index (χ1n) is 7.49. The van der Waals surface area contributed by atoms with E-state index in [0.717, 1.165) is 35.3 Å². The first-order chi connectivity index (χ1) is 10.5. The minimum absolute atomic E-state index is 0.106. The van der Waals surface area contributed by atoms with Gasteiger partial charge in [-0.25, -0.2) is 0 Å². The Balaban J connectivity index is 2.41. The number of carbonyl (C=O) groups is 1. The molecular weight excluding hydrogens is 272 g/mol. The summed E-state index contributed by atoms with van der Waals surface area (Å²) in [4.78, 5) is 17.2. The molecule has 0 spiro atoms. The van der Waals surface area contributed by atoms with Gasteiger partial charge in [0, 0.05) is 24.2 Å². The van der Waals surface area contributed by atoms with Crippen LogP contribution in [0.5, 0.6) is 0 Å². The van der Waals surface area contributed by atoms with Crippen molar-refractivity contribution in [1.29, 1.82) is 0 Å². The van der Waals surface area contributed by atoms with Gasteiger partial charge in [-0.15, -0.1) is 0 Å². The SMILES string of the molecule is CN(C)Cc1ccccc1C(=O)c1ccccc1CN(C)C. The number of ketones is 1. The zero-order valence-electron chi connectivity index (χ0n) is 13.8.